The predicted octanol–water partition coefficient (Wildman–Crippen LogP) is -1.30. The Morgan fingerprint density at radius 2 is 1.32 bits per heavy atom. The van der Waals surface area contributed by atoms with E-state index in [-0.39, 0.29) is 56.6 Å². The molecular formula is C28H46N6O12S. The fourth-order valence-electron chi connectivity index (χ4n) is 5.67. The van der Waals surface area contributed by atoms with Gasteiger partial charge >= 0.3 is 35.9 Å². The molecule has 2 aliphatic heterocycles. The molecule has 2 rings (SSSR count). The van der Waals surface area contributed by atoms with Crippen molar-refractivity contribution in [3.8, 4) is 0 Å². The lowest BCUT2D eigenvalue weighted by Gasteiger charge is -2.32. The van der Waals surface area contributed by atoms with Gasteiger partial charge in [-0.15, -0.1) is 0 Å². The summed E-state index contributed by atoms with van der Waals surface area (Å²) in [5.74, 6) is -5.55. The van der Waals surface area contributed by atoms with E-state index in [1.165, 1.54) is 4.90 Å². The zero-order valence-corrected chi connectivity index (χ0v) is 27.0. The SMILES string of the molecule is O=C(O)CN(CCN(CCN(CC(=O)O)CC(=O)O)C(CCCCNC(=O)CCCCC1SCC2NC(=O)NC21)C(=O)O)CC(=O)O. The fraction of sp³-hybridized carbons (Fsp3) is 0.750. The maximum Gasteiger partial charge on any atom is 0.320 e. The molecule has 0 spiro atoms. The number of carbonyl (C=O) groups excluding carboxylic acids is 2. The Hall–Kier alpha value is -3.68. The molecule has 4 atom stereocenters. The number of hydrogen-bond acceptors (Lipinski definition) is 11. The van der Waals surface area contributed by atoms with E-state index < -0.39 is 62.1 Å². The number of hydrogen-bond donors (Lipinski definition) is 8. The van der Waals surface area contributed by atoms with Crippen LogP contribution < -0.4 is 16.0 Å². The second kappa shape index (κ2) is 20.5. The number of carbonyl (C=O) groups is 7. The number of thioether (sulfide) groups is 1. The quantitative estimate of drug-likeness (QED) is 0.0387. The number of unbranched alkanes of at least 4 members (excludes halogenated alkanes) is 2. The van der Waals surface area contributed by atoms with Crippen molar-refractivity contribution < 1.29 is 59.1 Å². The van der Waals surface area contributed by atoms with Crippen LogP contribution >= 0.6 is 11.8 Å². The molecule has 2 aliphatic rings. The first-order valence-electron chi connectivity index (χ1n) is 15.5. The van der Waals surface area contributed by atoms with Crippen LogP contribution in [0.15, 0.2) is 0 Å². The number of rotatable bonds is 26. The van der Waals surface area contributed by atoms with Crippen molar-refractivity contribution >= 4 is 53.5 Å². The van der Waals surface area contributed by atoms with E-state index in [1.807, 2.05) is 11.8 Å². The Morgan fingerprint density at radius 3 is 1.83 bits per heavy atom. The average Bonchev–Trinajstić information content (AvgIpc) is 3.51. The van der Waals surface area contributed by atoms with Gasteiger partial charge in [0.1, 0.15) is 6.04 Å². The van der Waals surface area contributed by atoms with Gasteiger partial charge in [0.05, 0.1) is 38.3 Å². The molecule has 0 aromatic carbocycles. The first-order chi connectivity index (χ1) is 22.2. The fourth-order valence-corrected chi connectivity index (χ4v) is 7.22. The van der Waals surface area contributed by atoms with Gasteiger partial charge in [0, 0.05) is 50.1 Å². The molecule has 0 bridgehead atoms. The molecule has 18 nitrogen and oxygen atoms in total. The van der Waals surface area contributed by atoms with E-state index >= 15 is 0 Å². The zero-order valence-electron chi connectivity index (χ0n) is 26.2. The lowest BCUT2D eigenvalue weighted by molar-refractivity contribution is -0.146. The highest BCUT2D eigenvalue weighted by atomic mass is 32.2. The number of urea groups is 1. The second-order valence-electron chi connectivity index (χ2n) is 11.6. The molecule has 266 valence electrons. The summed E-state index contributed by atoms with van der Waals surface area (Å²) in [6.45, 7) is -2.48. The summed E-state index contributed by atoms with van der Waals surface area (Å²) in [7, 11) is 0. The van der Waals surface area contributed by atoms with Crippen LogP contribution in [-0.2, 0) is 28.8 Å². The standard InChI is InChI=1S/C28H46N6O12S/c35-21(7-2-1-6-20-26-18(17-47-20)30-28(46)31-26)29-8-4-3-5-19(27(44)45)34(11-9-32(13-22(36)37)14-23(38)39)12-10-33(15-24(40)41)16-25(42)43/h18-20,26H,1-17H2,(H,29,35)(H,36,37)(H,38,39)(H,40,41)(H,42,43)(H,44,45)(H2,30,31,46). The summed E-state index contributed by atoms with van der Waals surface area (Å²) in [5.41, 5.74) is 0. The largest absolute Gasteiger partial charge is 0.480 e. The molecule has 2 heterocycles. The minimum atomic E-state index is -1.27. The highest BCUT2D eigenvalue weighted by Crippen LogP contribution is 2.33. The average molecular weight is 691 g/mol. The number of aliphatic carboxylic acids is 5. The highest BCUT2D eigenvalue weighted by Gasteiger charge is 2.42. The smallest absolute Gasteiger partial charge is 0.320 e. The Bertz CT molecular complexity index is 1040. The van der Waals surface area contributed by atoms with Gasteiger partial charge in [-0.1, -0.05) is 6.42 Å². The molecule has 4 unspecified atom stereocenters. The summed E-state index contributed by atoms with van der Waals surface area (Å²) >= 11 is 1.82. The summed E-state index contributed by atoms with van der Waals surface area (Å²) in [6.07, 6.45) is 3.74. The minimum Gasteiger partial charge on any atom is -0.480 e. The van der Waals surface area contributed by atoms with Crippen molar-refractivity contribution in [2.75, 3.05) is 64.7 Å². The van der Waals surface area contributed by atoms with Crippen molar-refractivity contribution in [3.05, 3.63) is 0 Å². The number of fused-ring (bicyclic) bond motifs is 1. The summed E-state index contributed by atoms with van der Waals surface area (Å²) in [4.78, 5) is 84.7. The molecule has 0 saturated carbocycles. The minimum absolute atomic E-state index is 0.0775. The van der Waals surface area contributed by atoms with Crippen LogP contribution in [0.2, 0.25) is 0 Å². The molecule has 47 heavy (non-hydrogen) atoms. The van der Waals surface area contributed by atoms with Crippen molar-refractivity contribution in [1.82, 2.24) is 30.7 Å². The monoisotopic (exact) mass is 690 g/mol. The van der Waals surface area contributed by atoms with E-state index in [2.05, 4.69) is 16.0 Å². The van der Waals surface area contributed by atoms with Crippen LogP contribution in [0.4, 0.5) is 4.79 Å². The van der Waals surface area contributed by atoms with Gasteiger partial charge < -0.3 is 41.5 Å². The third-order valence-electron chi connectivity index (χ3n) is 7.88. The first-order valence-corrected chi connectivity index (χ1v) is 16.5. The van der Waals surface area contributed by atoms with Crippen LogP contribution in [0, 0.1) is 0 Å². The Balaban J connectivity index is 1.86. The maximum atomic E-state index is 12.3. The van der Waals surface area contributed by atoms with Crippen LogP contribution in [0.1, 0.15) is 44.9 Å². The zero-order chi connectivity index (χ0) is 34.9. The molecule has 19 heteroatoms. The third kappa shape index (κ3) is 15.6. The van der Waals surface area contributed by atoms with Crippen LogP contribution in [0.3, 0.4) is 0 Å². The van der Waals surface area contributed by atoms with Gasteiger partial charge in [-0.25, -0.2) is 4.79 Å². The van der Waals surface area contributed by atoms with Gasteiger partial charge in [-0.3, -0.25) is 43.5 Å². The van der Waals surface area contributed by atoms with Gasteiger partial charge in [-0.2, -0.15) is 11.8 Å². The number of nitrogens with zero attached hydrogens (tertiary/aromatic N) is 3. The molecule has 2 fully saturated rings. The molecule has 3 amide bonds. The normalized spacial score (nSPS) is 19.3. The molecule has 0 radical (unpaired) electrons. The number of carboxylic acid groups (broad SMARTS) is 5. The third-order valence-corrected chi connectivity index (χ3v) is 9.38. The predicted molar refractivity (Wildman–Crippen MR) is 167 cm³/mol. The van der Waals surface area contributed by atoms with Crippen LogP contribution in [0.25, 0.3) is 0 Å². The van der Waals surface area contributed by atoms with E-state index in [9.17, 15) is 38.7 Å². The van der Waals surface area contributed by atoms with Crippen molar-refractivity contribution in [2.45, 2.75) is 68.3 Å². The Morgan fingerprint density at radius 1 is 0.766 bits per heavy atom. The van der Waals surface area contributed by atoms with Crippen molar-refractivity contribution in [2.24, 2.45) is 0 Å². The molecule has 2 saturated heterocycles. The van der Waals surface area contributed by atoms with E-state index in [0.717, 1.165) is 28.4 Å². The summed E-state index contributed by atoms with van der Waals surface area (Å²) in [6, 6.07) is -0.982. The van der Waals surface area contributed by atoms with Crippen molar-refractivity contribution in [3.63, 3.8) is 0 Å². The molecule has 0 aliphatic carbocycles. The number of amides is 3. The lowest BCUT2D eigenvalue weighted by atomic mass is 10.0. The number of nitrogens with one attached hydrogen (secondary N) is 3. The summed E-state index contributed by atoms with van der Waals surface area (Å²) in [5, 5.41) is 55.6. The van der Waals surface area contributed by atoms with E-state index in [1.54, 1.807) is 0 Å². The molecule has 8 N–H and O–H groups in total. The Kier molecular flexibility index (Phi) is 17.3. The number of carboxylic acids is 5. The van der Waals surface area contributed by atoms with Crippen molar-refractivity contribution in [1.29, 1.82) is 0 Å². The van der Waals surface area contributed by atoms with Gasteiger partial charge in [0.25, 0.3) is 0 Å². The molecule has 0 aromatic rings. The first kappa shape index (κ1) is 39.5. The lowest BCUT2D eigenvalue weighted by Crippen LogP contribution is -2.50. The Labute approximate surface area is 276 Å². The van der Waals surface area contributed by atoms with E-state index in [0.29, 0.717) is 37.5 Å². The summed E-state index contributed by atoms with van der Waals surface area (Å²) < 4.78 is 0. The van der Waals surface area contributed by atoms with E-state index in [4.69, 9.17) is 20.4 Å². The molecular weight excluding hydrogens is 644 g/mol. The van der Waals surface area contributed by atoms with Gasteiger partial charge in [0.2, 0.25) is 5.91 Å². The second-order valence-corrected chi connectivity index (χ2v) is 12.9. The van der Waals surface area contributed by atoms with Gasteiger partial charge in [-0.05, 0) is 32.1 Å². The highest BCUT2D eigenvalue weighted by molar-refractivity contribution is 8.00. The van der Waals surface area contributed by atoms with Crippen LogP contribution in [0.5, 0.6) is 0 Å². The topological polar surface area (TPSA) is 266 Å². The van der Waals surface area contributed by atoms with Crippen LogP contribution in [-0.4, -0.2) is 170 Å². The maximum absolute atomic E-state index is 12.3. The molecule has 0 aromatic heterocycles. The van der Waals surface area contributed by atoms with Gasteiger partial charge in [0.15, 0.2) is 0 Å².